The third-order valence-corrected chi connectivity index (χ3v) is 2.24. The van der Waals surface area contributed by atoms with Crippen LogP contribution in [-0.4, -0.2) is 31.4 Å². The van der Waals surface area contributed by atoms with Gasteiger partial charge in [-0.15, -0.1) is 0 Å². The van der Waals surface area contributed by atoms with Gasteiger partial charge in [0.15, 0.2) is 0 Å². The second-order valence-electron chi connectivity index (χ2n) is 3.59. The largest absolute Gasteiger partial charge is 0.472 e. The number of nitrogens with zero attached hydrogens (tertiary/aromatic N) is 1. The first-order chi connectivity index (χ1) is 7.24. The molecule has 0 unspecified atom stereocenters. The van der Waals surface area contributed by atoms with Crippen LogP contribution in [0.3, 0.4) is 0 Å². The molecule has 1 rings (SSSR count). The van der Waals surface area contributed by atoms with Crippen molar-refractivity contribution in [3.05, 3.63) is 24.2 Å². The molecular weight excluding hydrogens is 192 g/mol. The van der Waals surface area contributed by atoms with Gasteiger partial charge in [-0.3, -0.25) is 4.79 Å². The van der Waals surface area contributed by atoms with E-state index in [1.807, 2.05) is 20.2 Å². The first-order valence-electron chi connectivity index (χ1n) is 5.13. The zero-order valence-electron chi connectivity index (χ0n) is 9.32. The summed E-state index contributed by atoms with van der Waals surface area (Å²) in [4.78, 5) is 13.3. The summed E-state index contributed by atoms with van der Waals surface area (Å²) >= 11 is 0. The number of nitrogens with one attached hydrogen (secondary N) is 1. The van der Waals surface area contributed by atoms with E-state index in [1.165, 1.54) is 0 Å². The highest BCUT2D eigenvalue weighted by atomic mass is 16.3. The molecule has 0 aromatic carbocycles. The topological polar surface area (TPSA) is 45.5 Å². The Bertz CT molecular complexity index is 283. The molecule has 84 valence electrons. The van der Waals surface area contributed by atoms with E-state index in [9.17, 15) is 4.79 Å². The van der Waals surface area contributed by atoms with E-state index in [1.54, 1.807) is 17.4 Å². The lowest BCUT2D eigenvalue weighted by Crippen LogP contribution is -2.26. The van der Waals surface area contributed by atoms with Crippen molar-refractivity contribution in [1.29, 1.82) is 0 Å². The van der Waals surface area contributed by atoms with Gasteiger partial charge in [-0.05, 0) is 26.1 Å². The number of carbonyl (C=O) groups excluding carboxylic acids is 1. The zero-order chi connectivity index (χ0) is 11.1. The van der Waals surface area contributed by atoms with Crippen LogP contribution < -0.4 is 5.32 Å². The molecule has 1 amide bonds. The standard InChI is InChI=1S/C11H18N2O2/c1-12-6-3-4-11(14)13(2)8-10-5-7-15-9-10/h5,7,9,12H,3-4,6,8H2,1-2H3. The van der Waals surface area contributed by atoms with Crippen molar-refractivity contribution in [2.75, 3.05) is 20.6 Å². The molecule has 0 atom stereocenters. The minimum atomic E-state index is 0.173. The van der Waals surface area contributed by atoms with Gasteiger partial charge in [0.25, 0.3) is 0 Å². The van der Waals surface area contributed by atoms with Crippen molar-refractivity contribution in [2.45, 2.75) is 19.4 Å². The quantitative estimate of drug-likeness (QED) is 0.718. The summed E-state index contributed by atoms with van der Waals surface area (Å²) in [6.07, 6.45) is 4.76. The molecule has 0 saturated heterocycles. The summed E-state index contributed by atoms with van der Waals surface area (Å²) in [5.41, 5.74) is 1.03. The average Bonchev–Trinajstić information content (AvgIpc) is 2.70. The van der Waals surface area contributed by atoms with Gasteiger partial charge < -0.3 is 14.6 Å². The molecule has 1 N–H and O–H groups in total. The van der Waals surface area contributed by atoms with Crippen molar-refractivity contribution < 1.29 is 9.21 Å². The Labute approximate surface area is 90.3 Å². The summed E-state index contributed by atoms with van der Waals surface area (Å²) in [5.74, 6) is 0.173. The highest BCUT2D eigenvalue weighted by molar-refractivity contribution is 5.75. The molecule has 15 heavy (non-hydrogen) atoms. The molecule has 1 heterocycles. The van der Waals surface area contributed by atoms with Crippen molar-refractivity contribution in [2.24, 2.45) is 0 Å². The maximum Gasteiger partial charge on any atom is 0.222 e. The monoisotopic (exact) mass is 210 g/mol. The van der Waals surface area contributed by atoms with Crippen molar-refractivity contribution in [3.63, 3.8) is 0 Å². The Morgan fingerprint density at radius 2 is 2.40 bits per heavy atom. The zero-order valence-corrected chi connectivity index (χ0v) is 9.32. The minimum absolute atomic E-state index is 0.173. The van der Waals surface area contributed by atoms with Gasteiger partial charge in [0.05, 0.1) is 12.5 Å². The normalized spacial score (nSPS) is 10.3. The number of furan rings is 1. The molecular formula is C11H18N2O2. The Kier molecular flexibility index (Phi) is 4.90. The number of hydrogen-bond donors (Lipinski definition) is 1. The molecule has 0 fully saturated rings. The molecule has 0 aliphatic carbocycles. The SMILES string of the molecule is CNCCCC(=O)N(C)Cc1ccoc1. The molecule has 0 bridgehead atoms. The van der Waals surface area contributed by atoms with Gasteiger partial charge in [-0.1, -0.05) is 0 Å². The number of amides is 1. The van der Waals surface area contributed by atoms with E-state index < -0.39 is 0 Å². The second kappa shape index (κ2) is 6.24. The molecule has 1 aromatic heterocycles. The van der Waals surface area contributed by atoms with Crippen LogP contribution in [0.5, 0.6) is 0 Å². The lowest BCUT2D eigenvalue weighted by molar-refractivity contribution is -0.130. The van der Waals surface area contributed by atoms with E-state index in [-0.39, 0.29) is 5.91 Å². The van der Waals surface area contributed by atoms with Crippen molar-refractivity contribution in [1.82, 2.24) is 10.2 Å². The Balaban J connectivity index is 2.27. The van der Waals surface area contributed by atoms with Crippen LogP contribution in [-0.2, 0) is 11.3 Å². The lowest BCUT2D eigenvalue weighted by Gasteiger charge is -2.15. The molecule has 4 nitrogen and oxygen atoms in total. The van der Waals surface area contributed by atoms with Gasteiger partial charge in [-0.25, -0.2) is 0 Å². The number of hydrogen-bond acceptors (Lipinski definition) is 3. The molecule has 0 aliphatic rings. The predicted octanol–water partition coefficient (Wildman–Crippen LogP) is 1.24. The average molecular weight is 210 g/mol. The molecule has 0 saturated carbocycles. The van der Waals surface area contributed by atoms with Gasteiger partial charge in [-0.2, -0.15) is 0 Å². The first kappa shape index (κ1) is 11.8. The minimum Gasteiger partial charge on any atom is -0.472 e. The molecule has 0 spiro atoms. The maximum atomic E-state index is 11.6. The molecule has 4 heteroatoms. The maximum absolute atomic E-state index is 11.6. The van der Waals surface area contributed by atoms with Crippen LogP contribution in [0.15, 0.2) is 23.0 Å². The summed E-state index contributed by atoms with van der Waals surface area (Å²) in [6.45, 7) is 1.50. The first-order valence-corrected chi connectivity index (χ1v) is 5.13. The summed E-state index contributed by atoms with van der Waals surface area (Å²) in [5, 5.41) is 3.02. The van der Waals surface area contributed by atoms with E-state index in [0.29, 0.717) is 13.0 Å². The summed E-state index contributed by atoms with van der Waals surface area (Å²) in [7, 11) is 3.70. The third kappa shape index (κ3) is 4.16. The van der Waals surface area contributed by atoms with E-state index in [4.69, 9.17) is 4.42 Å². The van der Waals surface area contributed by atoms with Gasteiger partial charge >= 0.3 is 0 Å². The van der Waals surface area contributed by atoms with Crippen molar-refractivity contribution >= 4 is 5.91 Å². The fraction of sp³-hybridized carbons (Fsp3) is 0.545. The van der Waals surface area contributed by atoms with Gasteiger partial charge in [0, 0.05) is 25.6 Å². The summed E-state index contributed by atoms with van der Waals surface area (Å²) < 4.78 is 4.95. The Hall–Kier alpha value is -1.29. The van der Waals surface area contributed by atoms with Crippen LogP contribution in [0.4, 0.5) is 0 Å². The Morgan fingerprint density at radius 1 is 1.60 bits per heavy atom. The Morgan fingerprint density at radius 3 is 3.00 bits per heavy atom. The van der Waals surface area contributed by atoms with Crippen LogP contribution >= 0.6 is 0 Å². The second-order valence-corrected chi connectivity index (χ2v) is 3.59. The van der Waals surface area contributed by atoms with Crippen LogP contribution in [0.2, 0.25) is 0 Å². The number of carbonyl (C=O) groups is 1. The highest BCUT2D eigenvalue weighted by Gasteiger charge is 2.08. The molecule has 0 radical (unpaired) electrons. The van der Waals surface area contributed by atoms with E-state index in [0.717, 1.165) is 18.5 Å². The number of rotatable bonds is 6. The smallest absolute Gasteiger partial charge is 0.222 e. The molecule has 1 aromatic rings. The van der Waals surface area contributed by atoms with Gasteiger partial charge in [0.2, 0.25) is 5.91 Å². The van der Waals surface area contributed by atoms with Gasteiger partial charge in [0.1, 0.15) is 0 Å². The van der Waals surface area contributed by atoms with Crippen LogP contribution in [0.25, 0.3) is 0 Å². The van der Waals surface area contributed by atoms with E-state index >= 15 is 0 Å². The fourth-order valence-corrected chi connectivity index (χ4v) is 1.35. The van der Waals surface area contributed by atoms with Crippen molar-refractivity contribution in [3.8, 4) is 0 Å². The molecule has 0 aliphatic heterocycles. The van der Waals surface area contributed by atoms with Crippen LogP contribution in [0.1, 0.15) is 18.4 Å². The predicted molar refractivity (Wildman–Crippen MR) is 58.3 cm³/mol. The fourth-order valence-electron chi connectivity index (χ4n) is 1.35. The highest BCUT2D eigenvalue weighted by Crippen LogP contribution is 2.05. The van der Waals surface area contributed by atoms with E-state index in [2.05, 4.69) is 5.32 Å². The van der Waals surface area contributed by atoms with Crippen LogP contribution in [0, 0.1) is 0 Å². The lowest BCUT2D eigenvalue weighted by atomic mass is 10.2. The third-order valence-electron chi connectivity index (χ3n) is 2.24. The summed E-state index contributed by atoms with van der Waals surface area (Å²) in [6, 6.07) is 1.87.